The highest BCUT2D eigenvalue weighted by atomic mass is 35.5. The molecule has 3 aromatic rings. The van der Waals surface area contributed by atoms with E-state index in [1.54, 1.807) is 12.5 Å². The molecule has 0 aliphatic heterocycles. The van der Waals surface area contributed by atoms with Gasteiger partial charge in [-0.2, -0.15) is 0 Å². The van der Waals surface area contributed by atoms with Gasteiger partial charge >= 0.3 is 0 Å². The molecule has 6 heteroatoms. The van der Waals surface area contributed by atoms with Crippen molar-refractivity contribution in [1.29, 1.82) is 0 Å². The third kappa shape index (κ3) is 3.17. The van der Waals surface area contributed by atoms with E-state index in [0.717, 1.165) is 41.7 Å². The summed E-state index contributed by atoms with van der Waals surface area (Å²) in [6.45, 7) is 6.23. The number of nitrogens with zero attached hydrogens (tertiary/aromatic N) is 3. The first-order chi connectivity index (χ1) is 11.6. The van der Waals surface area contributed by atoms with Crippen molar-refractivity contribution < 1.29 is 4.79 Å². The molecular formula is C18H21ClN4O. The molecule has 5 nitrogen and oxygen atoms in total. The molecule has 0 fully saturated rings. The second-order valence-corrected chi connectivity index (χ2v) is 6.23. The van der Waals surface area contributed by atoms with Gasteiger partial charge in [-0.3, -0.25) is 4.79 Å². The number of rotatable bonds is 6. The number of carbonyl (C=O) groups is 1. The van der Waals surface area contributed by atoms with Gasteiger partial charge in [-0.1, -0.05) is 11.6 Å². The average molecular weight is 345 g/mol. The van der Waals surface area contributed by atoms with Gasteiger partial charge in [-0.05, 0) is 44.0 Å². The van der Waals surface area contributed by atoms with Crippen LogP contribution in [0.3, 0.4) is 0 Å². The number of aryl methyl sites for hydroxylation is 3. The Balaban J connectivity index is 1.75. The minimum absolute atomic E-state index is 0.0349. The molecule has 0 aliphatic rings. The number of nitrogens with one attached hydrogen (secondary N) is 1. The molecule has 1 aromatic carbocycles. The number of imidazole rings is 1. The summed E-state index contributed by atoms with van der Waals surface area (Å²) in [5.74, 6) is -0.0349. The van der Waals surface area contributed by atoms with E-state index in [4.69, 9.17) is 11.6 Å². The molecule has 0 spiro atoms. The molecule has 3 rings (SSSR count). The van der Waals surface area contributed by atoms with Crippen molar-refractivity contribution in [1.82, 2.24) is 19.4 Å². The molecule has 0 aliphatic carbocycles. The minimum Gasteiger partial charge on any atom is -0.351 e. The lowest BCUT2D eigenvalue weighted by molar-refractivity contribution is 0.0943. The standard InChI is InChI=1S/C18H21ClN4O/c1-3-23-16-6-5-14(19)11-15(16)13(2)17(23)18(24)21-7-4-9-22-10-8-20-12-22/h5-6,8,10-12H,3-4,7,9H2,1-2H3,(H,21,24). The highest BCUT2D eigenvalue weighted by Crippen LogP contribution is 2.28. The third-order valence-corrected chi connectivity index (χ3v) is 4.48. The number of benzene rings is 1. The predicted molar refractivity (Wildman–Crippen MR) is 96.5 cm³/mol. The van der Waals surface area contributed by atoms with Gasteiger partial charge in [0.05, 0.1) is 6.33 Å². The van der Waals surface area contributed by atoms with Crippen molar-refractivity contribution in [3.05, 3.63) is 53.2 Å². The van der Waals surface area contributed by atoms with Crippen LogP contribution in [-0.2, 0) is 13.1 Å². The molecule has 2 aromatic heterocycles. The van der Waals surface area contributed by atoms with Gasteiger partial charge in [0, 0.05) is 48.0 Å². The van der Waals surface area contributed by atoms with E-state index in [0.29, 0.717) is 11.6 Å². The molecule has 0 radical (unpaired) electrons. The van der Waals surface area contributed by atoms with Crippen molar-refractivity contribution in [2.45, 2.75) is 33.4 Å². The molecular weight excluding hydrogens is 324 g/mol. The number of carbonyl (C=O) groups excluding carboxylic acids is 1. The number of fused-ring (bicyclic) bond motifs is 1. The lowest BCUT2D eigenvalue weighted by atomic mass is 10.1. The Labute approximate surface area is 146 Å². The van der Waals surface area contributed by atoms with E-state index in [2.05, 4.69) is 10.3 Å². The summed E-state index contributed by atoms with van der Waals surface area (Å²) in [7, 11) is 0. The Hall–Kier alpha value is -2.27. The van der Waals surface area contributed by atoms with E-state index in [1.807, 2.05) is 47.4 Å². The summed E-state index contributed by atoms with van der Waals surface area (Å²) in [4.78, 5) is 16.7. The molecule has 0 unspecified atom stereocenters. The fourth-order valence-corrected chi connectivity index (χ4v) is 3.25. The van der Waals surface area contributed by atoms with E-state index in [9.17, 15) is 4.79 Å². The lowest BCUT2D eigenvalue weighted by Gasteiger charge is -2.10. The van der Waals surface area contributed by atoms with Crippen LogP contribution in [0.2, 0.25) is 5.02 Å². The third-order valence-electron chi connectivity index (χ3n) is 4.25. The van der Waals surface area contributed by atoms with E-state index >= 15 is 0 Å². The van der Waals surface area contributed by atoms with E-state index in [-0.39, 0.29) is 5.91 Å². The van der Waals surface area contributed by atoms with Crippen LogP contribution in [-0.4, -0.2) is 26.6 Å². The normalized spacial score (nSPS) is 11.1. The molecule has 0 bridgehead atoms. The maximum absolute atomic E-state index is 12.7. The monoisotopic (exact) mass is 344 g/mol. The van der Waals surface area contributed by atoms with Crippen LogP contribution < -0.4 is 5.32 Å². The zero-order chi connectivity index (χ0) is 17.1. The SMILES string of the molecule is CCn1c(C(=O)NCCCn2ccnc2)c(C)c2cc(Cl)ccc21. The van der Waals surface area contributed by atoms with Gasteiger partial charge in [-0.15, -0.1) is 0 Å². The smallest absolute Gasteiger partial charge is 0.268 e. The fourth-order valence-electron chi connectivity index (χ4n) is 3.08. The number of hydrogen-bond acceptors (Lipinski definition) is 2. The van der Waals surface area contributed by atoms with E-state index in [1.165, 1.54) is 0 Å². The average Bonchev–Trinajstić information content (AvgIpc) is 3.18. The van der Waals surface area contributed by atoms with Crippen LogP contribution in [0.1, 0.15) is 29.4 Å². The van der Waals surface area contributed by atoms with Gasteiger partial charge < -0.3 is 14.5 Å². The summed E-state index contributed by atoms with van der Waals surface area (Å²) in [5, 5.41) is 4.75. The van der Waals surface area contributed by atoms with Gasteiger partial charge in [0.2, 0.25) is 0 Å². The Kier molecular flexibility index (Phi) is 4.90. The topological polar surface area (TPSA) is 51.9 Å². The first kappa shape index (κ1) is 16.6. The van der Waals surface area contributed by atoms with Crippen molar-refractivity contribution in [3.63, 3.8) is 0 Å². The summed E-state index contributed by atoms with van der Waals surface area (Å²) in [6.07, 6.45) is 6.32. The zero-order valence-electron chi connectivity index (χ0n) is 13.9. The maximum atomic E-state index is 12.7. The summed E-state index contributed by atoms with van der Waals surface area (Å²) < 4.78 is 4.05. The summed E-state index contributed by atoms with van der Waals surface area (Å²) in [5.41, 5.74) is 2.74. The Morgan fingerprint density at radius 3 is 2.92 bits per heavy atom. The Morgan fingerprint density at radius 2 is 2.21 bits per heavy atom. The van der Waals surface area contributed by atoms with Crippen LogP contribution in [0.5, 0.6) is 0 Å². The van der Waals surface area contributed by atoms with Crippen LogP contribution in [0.25, 0.3) is 10.9 Å². The molecule has 126 valence electrons. The molecule has 0 saturated heterocycles. The van der Waals surface area contributed by atoms with Crippen LogP contribution in [0.4, 0.5) is 0 Å². The second kappa shape index (κ2) is 7.09. The summed E-state index contributed by atoms with van der Waals surface area (Å²) >= 11 is 6.11. The van der Waals surface area contributed by atoms with Crippen molar-refractivity contribution in [2.24, 2.45) is 0 Å². The number of amides is 1. The molecule has 1 amide bonds. The number of halogens is 1. The zero-order valence-corrected chi connectivity index (χ0v) is 14.7. The minimum atomic E-state index is -0.0349. The van der Waals surface area contributed by atoms with E-state index < -0.39 is 0 Å². The van der Waals surface area contributed by atoms with Crippen LogP contribution in [0.15, 0.2) is 36.9 Å². The maximum Gasteiger partial charge on any atom is 0.268 e. The van der Waals surface area contributed by atoms with Crippen LogP contribution >= 0.6 is 11.6 Å². The fraction of sp³-hybridized carbons (Fsp3) is 0.333. The molecule has 24 heavy (non-hydrogen) atoms. The molecule has 2 heterocycles. The molecule has 1 N–H and O–H groups in total. The number of aromatic nitrogens is 3. The van der Waals surface area contributed by atoms with Crippen molar-refractivity contribution in [2.75, 3.05) is 6.54 Å². The van der Waals surface area contributed by atoms with Crippen LogP contribution in [0, 0.1) is 6.92 Å². The van der Waals surface area contributed by atoms with Crippen molar-refractivity contribution in [3.8, 4) is 0 Å². The Morgan fingerprint density at radius 1 is 1.38 bits per heavy atom. The molecule has 0 atom stereocenters. The first-order valence-corrected chi connectivity index (χ1v) is 8.52. The van der Waals surface area contributed by atoms with Gasteiger partial charge in [0.15, 0.2) is 0 Å². The highest BCUT2D eigenvalue weighted by Gasteiger charge is 2.19. The quantitative estimate of drug-likeness (QED) is 0.694. The lowest BCUT2D eigenvalue weighted by Crippen LogP contribution is -2.28. The predicted octanol–water partition coefficient (Wildman–Crippen LogP) is 3.64. The van der Waals surface area contributed by atoms with Gasteiger partial charge in [-0.25, -0.2) is 4.98 Å². The highest BCUT2D eigenvalue weighted by molar-refractivity contribution is 6.31. The first-order valence-electron chi connectivity index (χ1n) is 8.14. The van der Waals surface area contributed by atoms with Crippen molar-refractivity contribution >= 4 is 28.4 Å². The second-order valence-electron chi connectivity index (χ2n) is 5.79. The molecule has 0 saturated carbocycles. The Bertz CT molecular complexity index is 852. The summed E-state index contributed by atoms with van der Waals surface area (Å²) in [6, 6.07) is 5.76. The largest absolute Gasteiger partial charge is 0.351 e. The van der Waals surface area contributed by atoms with Gasteiger partial charge in [0.1, 0.15) is 5.69 Å². The van der Waals surface area contributed by atoms with Gasteiger partial charge in [0.25, 0.3) is 5.91 Å². The number of hydrogen-bond donors (Lipinski definition) is 1.